The van der Waals surface area contributed by atoms with Crippen molar-refractivity contribution in [1.29, 1.82) is 0 Å². The highest BCUT2D eigenvalue weighted by Crippen LogP contribution is 2.44. The molecule has 1 atom stereocenters. The number of hydrogen-bond donors (Lipinski definition) is 1. The van der Waals surface area contributed by atoms with Crippen molar-refractivity contribution in [2.75, 3.05) is 7.11 Å². The number of amides is 1. The number of fused-ring (bicyclic) bond motifs is 2. The SMILES string of the molecule is COc1cc(C2c3c(oc4cc(C)c(Cl)cc4c3=O)C(=O)N2Cc2ccc(F)cc2)cc(Br)c1O. The number of rotatable bonds is 4. The molecule has 4 aromatic rings. The van der Waals surface area contributed by atoms with E-state index in [1.807, 2.05) is 0 Å². The summed E-state index contributed by atoms with van der Waals surface area (Å²) in [4.78, 5) is 28.8. The number of hydrogen-bond acceptors (Lipinski definition) is 5. The minimum Gasteiger partial charge on any atom is -0.503 e. The van der Waals surface area contributed by atoms with Gasteiger partial charge in [0.15, 0.2) is 16.9 Å². The molecule has 0 spiro atoms. The lowest BCUT2D eigenvalue weighted by molar-refractivity contribution is 0.0714. The number of halogens is 3. The Balaban J connectivity index is 1.77. The van der Waals surface area contributed by atoms with Gasteiger partial charge in [0.2, 0.25) is 5.76 Å². The van der Waals surface area contributed by atoms with Crippen LogP contribution in [-0.4, -0.2) is 23.0 Å². The Morgan fingerprint density at radius 1 is 1.17 bits per heavy atom. The lowest BCUT2D eigenvalue weighted by atomic mass is 9.97. The zero-order chi connectivity index (χ0) is 25.0. The molecule has 1 aromatic heterocycles. The van der Waals surface area contributed by atoms with Gasteiger partial charge >= 0.3 is 0 Å². The van der Waals surface area contributed by atoms with Gasteiger partial charge in [-0.3, -0.25) is 9.59 Å². The minimum atomic E-state index is -0.853. The van der Waals surface area contributed by atoms with E-state index in [1.165, 1.54) is 30.2 Å². The zero-order valence-electron chi connectivity index (χ0n) is 18.6. The summed E-state index contributed by atoms with van der Waals surface area (Å²) >= 11 is 9.60. The van der Waals surface area contributed by atoms with E-state index < -0.39 is 17.8 Å². The molecule has 0 radical (unpaired) electrons. The molecule has 2 heterocycles. The van der Waals surface area contributed by atoms with E-state index in [2.05, 4.69) is 15.9 Å². The molecule has 1 unspecified atom stereocenters. The van der Waals surface area contributed by atoms with Crippen LogP contribution in [0.2, 0.25) is 5.02 Å². The molecule has 0 saturated heterocycles. The highest BCUT2D eigenvalue weighted by atomic mass is 79.9. The molecule has 0 fully saturated rings. The van der Waals surface area contributed by atoms with Crippen LogP contribution in [0.3, 0.4) is 0 Å². The first-order valence-corrected chi connectivity index (χ1v) is 11.8. The van der Waals surface area contributed by atoms with Gasteiger partial charge in [0, 0.05) is 11.6 Å². The van der Waals surface area contributed by atoms with Crippen molar-refractivity contribution in [3.05, 3.63) is 102 Å². The van der Waals surface area contributed by atoms with Gasteiger partial charge in [0.25, 0.3) is 5.91 Å². The predicted octanol–water partition coefficient (Wildman–Crippen LogP) is 6.12. The number of nitrogens with zero attached hydrogens (tertiary/aromatic N) is 1. The highest BCUT2D eigenvalue weighted by Gasteiger charge is 2.43. The van der Waals surface area contributed by atoms with E-state index in [1.54, 1.807) is 37.3 Å². The summed E-state index contributed by atoms with van der Waals surface area (Å²) in [6.45, 7) is 1.87. The molecule has 35 heavy (non-hydrogen) atoms. The van der Waals surface area contributed by atoms with Gasteiger partial charge in [-0.05, 0) is 75.9 Å². The summed E-state index contributed by atoms with van der Waals surface area (Å²) in [7, 11) is 1.40. The van der Waals surface area contributed by atoms with Crippen LogP contribution in [0.4, 0.5) is 4.39 Å². The van der Waals surface area contributed by atoms with Gasteiger partial charge in [-0.2, -0.15) is 0 Å². The Kier molecular flexibility index (Phi) is 5.81. The van der Waals surface area contributed by atoms with Crippen LogP contribution in [0.5, 0.6) is 11.5 Å². The maximum atomic E-state index is 13.7. The molecular formula is C26H18BrClFNO5. The Labute approximate surface area is 212 Å². The average molecular weight is 559 g/mol. The Hall–Kier alpha value is -3.36. The second-order valence-corrected chi connectivity index (χ2v) is 9.55. The second-order valence-electron chi connectivity index (χ2n) is 8.29. The fraction of sp³-hybridized carbons (Fsp3) is 0.154. The fourth-order valence-electron chi connectivity index (χ4n) is 4.34. The third kappa shape index (κ3) is 3.86. The quantitative estimate of drug-likeness (QED) is 0.327. The first-order valence-electron chi connectivity index (χ1n) is 10.6. The van der Waals surface area contributed by atoms with E-state index in [9.17, 15) is 19.1 Å². The van der Waals surface area contributed by atoms with Gasteiger partial charge in [-0.15, -0.1) is 0 Å². The van der Waals surface area contributed by atoms with Crippen LogP contribution in [0.1, 0.15) is 38.9 Å². The van der Waals surface area contributed by atoms with Crippen molar-refractivity contribution in [2.45, 2.75) is 19.5 Å². The maximum absolute atomic E-state index is 13.7. The molecule has 0 bridgehead atoms. The van der Waals surface area contributed by atoms with Crippen molar-refractivity contribution < 1.29 is 23.4 Å². The number of aryl methyl sites for hydroxylation is 1. The molecule has 5 rings (SSSR count). The van der Waals surface area contributed by atoms with E-state index in [0.717, 1.165) is 0 Å². The minimum absolute atomic E-state index is 0.0699. The number of carbonyl (C=O) groups is 1. The molecule has 1 amide bonds. The van der Waals surface area contributed by atoms with Crippen molar-refractivity contribution in [1.82, 2.24) is 4.90 Å². The molecule has 1 aliphatic rings. The largest absolute Gasteiger partial charge is 0.503 e. The van der Waals surface area contributed by atoms with Gasteiger partial charge in [-0.25, -0.2) is 4.39 Å². The smallest absolute Gasteiger partial charge is 0.291 e. The third-order valence-corrected chi connectivity index (χ3v) is 7.11. The molecule has 1 aliphatic heterocycles. The van der Waals surface area contributed by atoms with Crippen molar-refractivity contribution >= 4 is 44.4 Å². The Bertz CT molecular complexity index is 1570. The van der Waals surface area contributed by atoms with E-state index in [4.69, 9.17) is 20.8 Å². The van der Waals surface area contributed by atoms with E-state index in [-0.39, 0.29) is 45.8 Å². The summed E-state index contributed by atoms with van der Waals surface area (Å²) in [5.74, 6) is -0.896. The molecule has 0 aliphatic carbocycles. The molecule has 1 N–H and O–H groups in total. The van der Waals surface area contributed by atoms with Crippen molar-refractivity contribution in [2.24, 2.45) is 0 Å². The number of phenols is 1. The Morgan fingerprint density at radius 3 is 2.57 bits per heavy atom. The summed E-state index contributed by atoms with van der Waals surface area (Å²) in [6, 6.07) is 11.3. The molecule has 3 aromatic carbocycles. The van der Waals surface area contributed by atoms with Crippen LogP contribution >= 0.6 is 27.5 Å². The van der Waals surface area contributed by atoms with E-state index in [0.29, 0.717) is 26.2 Å². The lowest BCUT2D eigenvalue weighted by Crippen LogP contribution is -2.29. The topological polar surface area (TPSA) is 80.0 Å². The van der Waals surface area contributed by atoms with Gasteiger partial charge in [0.1, 0.15) is 11.4 Å². The fourth-order valence-corrected chi connectivity index (χ4v) is 4.97. The van der Waals surface area contributed by atoms with Crippen molar-refractivity contribution in [3.8, 4) is 11.5 Å². The molecule has 6 nitrogen and oxygen atoms in total. The molecule has 0 saturated carbocycles. The van der Waals surface area contributed by atoms with Gasteiger partial charge < -0.3 is 19.2 Å². The average Bonchev–Trinajstić information content (AvgIpc) is 3.10. The van der Waals surface area contributed by atoms with Crippen LogP contribution < -0.4 is 10.2 Å². The number of ether oxygens (including phenoxy) is 1. The number of phenolic OH excluding ortho intramolecular Hbond substituents is 1. The normalized spacial score (nSPS) is 15.1. The standard InChI is InChI=1S/C26H18BrClFNO5/c1-12-7-19-16(10-18(12)28)23(31)21-22(14-8-17(27)24(32)20(9-14)34-2)30(26(33)25(21)35-19)11-13-3-5-15(29)6-4-13/h3-10,22,32H,11H2,1-2H3. The highest BCUT2D eigenvalue weighted by molar-refractivity contribution is 9.10. The maximum Gasteiger partial charge on any atom is 0.291 e. The van der Waals surface area contributed by atoms with Gasteiger partial charge in [-0.1, -0.05) is 23.7 Å². The first kappa shape index (κ1) is 23.4. The first-order chi connectivity index (χ1) is 16.7. The van der Waals surface area contributed by atoms with Crippen LogP contribution in [0.15, 0.2) is 62.2 Å². The van der Waals surface area contributed by atoms with Gasteiger partial charge in [0.05, 0.1) is 28.6 Å². The molecule has 9 heteroatoms. The monoisotopic (exact) mass is 557 g/mol. The third-order valence-electron chi connectivity index (χ3n) is 6.10. The zero-order valence-corrected chi connectivity index (χ0v) is 20.9. The molecule has 178 valence electrons. The summed E-state index contributed by atoms with van der Waals surface area (Å²) < 4.78 is 25.1. The Morgan fingerprint density at radius 2 is 1.89 bits per heavy atom. The summed E-state index contributed by atoms with van der Waals surface area (Å²) in [5, 5.41) is 11.0. The second kappa shape index (κ2) is 8.70. The lowest BCUT2D eigenvalue weighted by Gasteiger charge is -2.26. The van der Waals surface area contributed by atoms with Crippen LogP contribution in [0.25, 0.3) is 11.0 Å². The van der Waals surface area contributed by atoms with Crippen LogP contribution in [-0.2, 0) is 6.54 Å². The molecular weight excluding hydrogens is 541 g/mol. The number of benzene rings is 3. The van der Waals surface area contributed by atoms with Crippen LogP contribution in [0, 0.1) is 12.7 Å². The number of carbonyl (C=O) groups excluding carboxylic acids is 1. The summed E-state index contributed by atoms with van der Waals surface area (Å²) in [6.07, 6.45) is 0. The summed E-state index contributed by atoms with van der Waals surface area (Å²) in [5.41, 5.74) is 1.93. The van der Waals surface area contributed by atoms with E-state index >= 15 is 0 Å². The number of aromatic hydroxyl groups is 1. The predicted molar refractivity (Wildman–Crippen MR) is 133 cm³/mol. The van der Waals surface area contributed by atoms with Crippen molar-refractivity contribution in [3.63, 3.8) is 0 Å². The number of methoxy groups -OCH3 is 1.